The summed E-state index contributed by atoms with van der Waals surface area (Å²) < 4.78 is 26.0. The van der Waals surface area contributed by atoms with Gasteiger partial charge in [0.05, 0.1) is 10.8 Å². The van der Waals surface area contributed by atoms with Crippen molar-refractivity contribution >= 4 is 15.9 Å². The van der Waals surface area contributed by atoms with Crippen molar-refractivity contribution in [3.63, 3.8) is 0 Å². The summed E-state index contributed by atoms with van der Waals surface area (Å²) in [5.74, 6) is -0.573. The van der Waals surface area contributed by atoms with E-state index in [2.05, 4.69) is 10.0 Å². The molecule has 0 aromatic heterocycles. The molecule has 0 unspecified atom stereocenters. The van der Waals surface area contributed by atoms with Crippen LogP contribution in [0.3, 0.4) is 0 Å². The lowest BCUT2D eigenvalue weighted by molar-refractivity contribution is -0.123. The minimum atomic E-state index is -3.75. The fourth-order valence-corrected chi connectivity index (χ4v) is 3.08. The third-order valence-electron chi connectivity index (χ3n) is 3.14. The number of hydrogen-bond acceptors (Lipinski definition) is 4. The van der Waals surface area contributed by atoms with Gasteiger partial charge < -0.3 is 5.32 Å². The van der Waals surface area contributed by atoms with E-state index in [1.165, 1.54) is 12.1 Å². The van der Waals surface area contributed by atoms with Crippen molar-refractivity contribution < 1.29 is 13.2 Å². The number of sulfonamides is 1. The molecule has 0 bridgehead atoms. The van der Waals surface area contributed by atoms with Gasteiger partial charge in [-0.25, -0.2) is 13.1 Å². The molecule has 1 heterocycles. The van der Waals surface area contributed by atoms with Crippen LogP contribution in [0, 0.1) is 11.8 Å². The van der Waals surface area contributed by atoms with Crippen LogP contribution in [0.2, 0.25) is 0 Å². The predicted octanol–water partition coefficient (Wildman–Crippen LogP) is 0.347. The summed E-state index contributed by atoms with van der Waals surface area (Å²) in [5.41, 5.74) is 0. The molecular formula is C12H16N2O3S. The van der Waals surface area contributed by atoms with Crippen LogP contribution in [0.1, 0.15) is 6.92 Å². The van der Waals surface area contributed by atoms with E-state index < -0.39 is 15.9 Å². The molecule has 1 aromatic rings. The number of carbonyl (C=O) groups excluding carboxylic acids is 1. The lowest BCUT2D eigenvalue weighted by atomic mass is 9.98. The molecule has 1 saturated heterocycles. The van der Waals surface area contributed by atoms with Crippen molar-refractivity contribution in [3.05, 3.63) is 30.3 Å². The topological polar surface area (TPSA) is 75.3 Å². The Morgan fingerprint density at radius 3 is 2.50 bits per heavy atom. The van der Waals surface area contributed by atoms with Gasteiger partial charge in [0, 0.05) is 6.54 Å². The molecule has 98 valence electrons. The predicted molar refractivity (Wildman–Crippen MR) is 67.3 cm³/mol. The van der Waals surface area contributed by atoms with Crippen molar-refractivity contribution in [1.82, 2.24) is 10.0 Å². The Morgan fingerprint density at radius 2 is 1.94 bits per heavy atom. The number of rotatable bonds is 3. The average Bonchev–Trinajstić information content (AvgIpc) is 2.76. The van der Waals surface area contributed by atoms with Crippen LogP contribution in [0.4, 0.5) is 0 Å². The van der Waals surface area contributed by atoms with Crippen molar-refractivity contribution in [2.75, 3.05) is 13.1 Å². The minimum absolute atomic E-state index is 0.108. The summed E-state index contributed by atoms with van der Waals surface area (Å²) >= 11 is 0. The smallest absolute Gasteiger partial charge is 0.264 e. The Morgan fingerprint density at radius 1 is 1.28 bits per heavy atom. The fourth-order valence-electron chi connectivity index (χ4n) is 2.03. The second-order valence-corrected chi connectivity index (χ2v) is 6.21. The highest BCUT2D eigenvalue weighted by molar-refractivity contribution is 7.90. The first-order valence-electron chi connectivity index (χ1n) is 5.83. The van der Waals surface area contributed by atoms with Gasteiger partial charge >= 0.3 is 0 Å². The number of carbonyl (C=O) groups is 1. The van der Waals surface area contributed by atoms with E-state index in [1.807, 2.05) is 6.92 Å². The largest absolute Gasteiger partial charge is 0.316 e. The van der Waals surface area contributed by atoms with Gasteiger partial charge in [-0.2, -0.15) is 0 Å². The van der Waals surface area contributed by atoms with E-state index in [4.69, 9.17) is 0 Å². The lowest BCUT2D eigenvalue weighted by Gasteiger charge is -2.14. The van der Waals surface area contributed by atoms with Gasteiger partial charge in [-0.05, 0) is 24.6 Å². The van der Waals surface area contributed by atoms with Gasteiger partial charge in [-0.15, -0.1) is 0 Å². The van der Waals surface area contributed by atoms with Crippen LogP contribution in [-0.4, -0.2) is 27.4 Å². The van der Waals surface area contributed by atoms with E-state index >= 15 is 0 Å². The van der Waals surface area contributed by atoms with E-state index in [0.29, 0.717) is 6.54 Å². The fraction of sp³-hybridized carbons (Fsp3) is 0.417. The highest BCUT2D eigenvalue weighted by Crippen LogP contribution is 2.17. The molecule has 2 rings (SSSR count). The summed E-state index contributed by atoms with van der Waals surface area (Å²) in [4.78, 5) is 12.0. The highest BCUT2D eigenvalue weighted by Gasteiger charge is 2.32. The molecule has 1 fully saturated rings. The van der Waals surface area contributed by atoms with Gasteiger partial charge in [0.1, 0.15) is 0 Å². The summed E-state index contributed by atoms with van der Waals surface area (Å²) in [7, 11) is -3.75. The Kier molecular flexibility index (Phi) is 3.68. The first-order valence-corrected chi connectivity index (χ1v) is 7.31. The molecule has 5 nitrogen and oxygen atoms in total. The Labute approximate surface area is 107 Å². The standard InChI is InChI=1S/C12H16N2O3S/c1-9-7-13-8-11(9)12(15)14-18(16,17)10-5-3-2-4-6-10/h2-6,9,11,13H,7-8H2,1H3,(H,14,15)/t9-,11-/m1/s1. The zero-order valence-corrected chi connectivity index (χ0v) is 10.9. The number of nitrogens with one attached hydrogen (secondary N) is 2. The highest BCUT2D eigenvalue weighted by atomic mass is 32.2. The van der Waals surface area contributed by atoms with Crippen LogP contribution < -0.4 is 10.0 Å². The van der Waals surface area contributed by atoms with Crippen LogP contribution in [0.15, 0.2) is 35.2 Å². The maximum atomic E-state index is 12.0. The molecule has 6 heteroatoms. The molecular weight excluding hydrogens is 252 g/mol. The van der Waals surface area contributed by atoms with Gasteiger partial charge in [-0.1, -0.05) is 25.1 Å². The van der Waals surface area contributed by atoms with Crippen molar-refractivity contribution in [2.24, 2.45) is 11.8 Å². The van der Waals surface area contributed by atoms with Gasteiger partial charge in [0.2, 0.25) is 5.91 Å². The third kappa shape index (κ3) is 2.70. The van der Waals surface area contributed by atoms with Gasteiger partial charge in [0.25, 0.3) is 10.0 Å². The molecule has 2 N–H and O–H groups in total. The zero-order chi connectivity index (χ0) is 13.2. The molecule has 1 aliphatic heterocycles. The monoisotopic (exact) mass is 268 g/mol. The maximum Gasteiger partial charge on any atom is 0.264 e. The minimum Gasteiger partial charge on any atom is -0.316 e. The van der Waals surface area contributed by atoms with E-state index in [1.54, 1.807) is 18.2 Å². The molecule has 2 atom stereocenters. The second kappa shape index (κ2) is 5.07. The van der Waals surface area contributed by atoms with Crippen molar-refractivity contribution in [3.8, 4) is 0 Å². The van der Waals surface area contributed by atoms with Crippen LogP contribution in [0.5, 0.6) is 0 Å². The maximum absolute atomic E-state index is 12.0. The molecule has 0 saturated carbocycles. The molecule has 18 heavy (non-hydrogen) atoms. The molecule has 1 aliphatic rings. The summed E-state index contributed by atoms with van der Waals surface area (Å²) in [6.07, 6.45) is 0. The van der Waals surface area contributed by atoms with Gasteiger partial charge in [-0.3, -0.25) is 4.79 Å². The van der Waals surface area contributed by atoms with Crippen LogP contribution >= 0.6 is 0 Å². The first-order chi connectivity index (χ1) is 8.50. The SMILES string of the molecule is C[C@@H]1CNC[C@H]1C(=O)NS(=O)(=O)c1ccccc1. The van der Waals surface area contributed by atoms with Crippen LogP contribution in [0.25, 0.3) is 0 Å². The lowest BCUT2D eigenvalue weighted by Crippen LogP contribution is -2.38. The van der Waals surface area contributed by atoms with E-state index in [9.17, 15) is 13.2 Å². The summed E-state index contributed by atoms with van der Waals surface area (Å²) in [6, 6.07) is 7.90. The van der Waals surface area contributed by atoms with Crippen molar-refractivity contribution in [1.29, 1.82) is 0 Å². The third-order valence-corrected chi connectivity index (χ3v) is 4.51. The molecule has 1 amide bonds. The first kappa shape index (κ1) is 13.0. The summed E-state index contributed by atoms with van der Waals surface area (Å²) in [5, 5.41) is 3.07. The Bertz CT molecular complexity index is 528. The van der Waals surface area contributed by atoms with Gasteiger partial charge in [0.15, 0.2) is 0 Å². The summed E-state index contributed by atoms with van der Waals surface area (Å²) in [6.45, 7) is 3.19. The number of benzene rings is 1. The van der Waals surface area contributed by atoms with Crippen LogP contribution in [-0.2, 0) is 14.8 Å². The Balaban J connectivity index is 2.12. The quantitative estimate of drug-likeness (QED) is 0.829. The van der Waals surface area contributed by atoms with E-state index in [0.717, 1.165) is 6.54 Å². The van der Waals surface area contributed by atoms with Crippen molar-refractivity contribution in [2.45, 2.75) is 11.8 Å². The second-order valence-electron chi connectivity index (χ2n) is 4.52. The molecule has 0 aliphatic carbocycles. The molecule has 0 spiro atoms. The average molecular weight is 268 g/mol. The normalized spacial score (nSPS) is 23.8. The Hall–Kier alpha value is -1.40. The number of hydrogen-bond donors (Lipinski definition) is 2. The molecule has 0 radical (unpaired) electrons. The van der Waals surface area contributed by atoms with E-state index in [-0.39, 0.29) is 16.7 Å². The molecule has 1 aromatic carbocycles. The number of amides is 1. The zero-order valence-electron chi connectivity index (χ0n) is 10.1.